The molecule has 2 N–H and O–H groups in total. The van der Waals surface area contributed by atoms with Crippen LogP contribution in [0.15, 0.2) is 24.4 Å². The second-order valence-corrected chi connectivity index (χ2v) is 2.61. The fourth-order valence-electron chi connectivity index (χ4n) is 1.05. The lowest BCUT2D eigenvalue weighted by Crippen LogP contribution is -2.29. The van der Waals surface area contributed by atoms with E-state index in [1.54, 1.807) is 18.2 Å². The molecule has 0 saturated heterocycles. The van der Waals surface area contributed by atoms with Crippen LogP contribution in [0, 0.1) is 0 Å². The van der Waals surface area contributed by atoms with Crippen LogP contribution < -0.4 is 5.73 Å². The van der Waals surface area contributed by atoms with Crippen LogP contribution in [-0.4, -0.2) is 24.0 Å². The van der Waals surface area contributed by atoms with E-state index in [1.165, 1.54) is 13.3 Å². The van der Waals surface area contributed by atoms with Crippen molar-refractivity contribution in [3.63, 3.8) is 0 Å². The molecule has 0 bridgehead atoms. The summed E-state index contributed by atoms with van der Waals surface area (Å²) in [5, 5.41) is 0. The number of nitrogens with zero attached hydrogens (tertiary/aromatic N) is 1. The molecule has 1 heterocycles. The number of rotatable bonds is 3. The SMILES string of the molecule is COC(=O)C(C(N)=O)c1ccccn1. The van der Waals surface area contributed by atoms with Gasteiger partial charge in [0.15, 0.2) is 5.92 Å². The first-order valence-electron chi connectivity index (χ1n) is 3.95. The molecule has 1 unspecified atom stereocenters. The van der Waals surface area contributed by atoms with Crippen LogP contribution in [0.5, 0.6) is 0 Å². The first kappa shape index (κ1) is 10.2. The van der Waals surface area contributed by atoms with E-state index in [4.69, 9.17) is 5.73 Å². The molecule has 0 aliphatic rings. The van der Waals surface area contributed by atoms with Crippen LogP contribution in [0.1, 0.15) is 11.6 Å². The summed E-state index contributed by atoms with van der Waals surface area (Å²) in [6, 6.07) is 4.90. The lowest BCUT2D eigenvalue weighted by Gasteiger charge is -2.09. The molecule has 1 atom stereocenters. The smallest absolute Gasteiger partial charge is 0.324 e. The Hall–Kier alpha value is -1.91. The Labute approximate surface area is 80.9 Å². The quantitative estimate of drug-likeness (QED) is 0.534. The van der Waals surface area contributed by atoms with E-state index in [2.05, 4.69) is 9.72 Å². The number of esters is 1. The predicted octanol–water partition coefficient (Wildman–Crippen LogP) is -0.177. The third-order valence-electron chi connectivity index (χ3n) is 1.70. The highest BCUT2D eigenvalue weighted by molar-refractivity contribution is 6.02. The van der Waals surface area contributed by atoms with Crippen molar-refractivity contribution in [2.75, 3.05) is 7.11 Å². The molecule has 74 valence electrons. The third-order valence-corrected chi connectivity index (χ3v) is 1.70. The Balaban J connectivity index is 3.01. The van der Waals surface area contributed by atoms with Crippen molar-refractivity contribution in [3.8, 4) is 0 Å². The molecule has 1 amide bonds. The van der Waals surface area contributed by atoms with Crippen LogP contribution in [0.2, 0.25) is 0 Å². The third kappa shape index (κ3) is 2.07. The fraction of sp³-hybridized carbons (Fsp3) is 0.222. The maximum absolute atomic E-state index is 11.2. The number of amides is 1. The minimum atomic E-state index is -1.12. The van der Waals surface area contributed by atoms with Gasteiger partial charge in [0.2, 0.25) is 5.91 Å². The number of hydrogen-bond acceptors (Lipinski definition) is 4. The Morgan fingerprint density at radius 1 is 1.50 bits per heavy atom. The first-order chi connectivity index (χ1) is 6.66. The van der Waals surface area contributed by atoms with Gasteiger partial charge >= 0.3 is 5.97 Å². The van der Waals surface area contributed by atoms with Gasteiger partial charge in [0.05, 0.1) is 12.8 Å². The highest BCUT2D eigenvalue weighted by atomic mass is 16.5. The summed E-state index contributed by atoms with van der Waals surface area (Å²) >= 11 is 0. The van der Waals surface area contributed by atoms with Gasteiger partial charge < -0.3 is 10.5 Å². The highest BCUT2D eigenvalue weighted by Crippen LogP contribution is 2.13. The zero-order valence-corrected chi connectivity index (χ0v) is 7.64. The van der Waals surface area contributed by atoms with E-state index >= 15 is 0 Å². The number of primary amides is 1. The van der Waals surface area contributed by atoms with Gasteiger partial charge in [-0.3, -0.25) is 14.6 Å². The monoisotopic (exact) mass is 194 g/mol. The predicted molar refractivity (Wildman–Crippen MR) is 48.2 cm³/mol. The number of methoxy groups -OCH3 is 1. The number of aromatic nitrogens is 1. The second kappa shape index (κ2) is 4.36. The number of ether oxygens (including phenoxy) is 1. The average Bonchev–Trinajstić information content (AvgIpc) is 2.19. The van der Waals surface area contributed by atoms with Gasteiger partial charge in [0, 0.05) is 6.20 Å². The zero-order valence-electron chi connectivity index (χ0n) is 7.64. The summed E-state index contributed by atoms with van der Waals surface area (Å²) < 4.78 is 4.45. The molecule has 0 radical (unpaired) electrons. The summed E-state index contributed by atoms with van der Waals surface area (Å²) in [4.78, 5) is 26.0. The van der Waals surface area contributed by atoms with Crippen molar-refractivity contribution >= 4 is 11.9 Å². The van der Waals surface area contributed by atoms with E-state index in [9.17, 15) is 9.59 Å². The molecule has 0 fully saturated rings. The fourth-order valence-corrected chi connectivity index (χ4v) is 1.05. The van der Waals surface area contributed by atoms with Crippen molar-refractivity contribution < 1.29 is 14.3 Å². The van der Waals surface area contributed by atoms with E-state index < -0.39 is 17.8 Å². The topological polar surface area (TPSA) is 82.3 Å². The van der Waals surface area contributed by atoms with E-state index in [0.29, 0.717) is 5.69 Å². The average molecular weight is 194 g/mol. The van der Waals surface area contributed by atoms with E-state index in [1.807, 2.05) is 0 Å². The molecule has 1 aromatic heterocycles. The highest BCUT2D eigenvalue weighted by Gasteiger charge is 2.28. The van der Waals surface area contributed by atoms with Crippen LogP contribution in [0.25, 0.3) is 0 Å². The molecule has 5 heteroatoms. The Morgan fingerprint density at radius 3 is 2.64 bits per heavy atom. The number of carbonyl (C=O) groups excluding carboxylic acids is 2. The summed E-state index contributed by atoms with van der Waals surface area (Å²) in [7, 11) is 1.20. The van der Waals surface area contributed by atoms with Gasteiger partial charge in [-0.1, -0.05) is 6.07 Å². The number of carbonyl (C=O) groups is 2. The number of nitrogens with two attached hydrogens (primary N) is 1. The van der Waals surface area contributed by atoms with Crippen LogP contribution in [-0.2, 0) is 14.3 Å². The standard InChI is InChI=1S/C9H10N2O3/c1-14-9(13)7(8(10)12)6-4-2-3-5-11-6/h2-5,7H,1H3,(H2,10,12). The van der Waals surface area contributed by atoms with Crippen molar-refractivity contribution in [3.05, 3.63) is 30.1 Å². The zero-order chi connectivity index (χ0) is 10.6. The number of pyridine rings is 1. The molecular formula is C9H10N2O3. The van der Waals surface area contributed by atoms with Crippen molar-refractivity contribution in [2.45, 2.75) is 5.92 Å². The van der Waals surface area contributed by atoms with Gasteiger partial charge in [-0.2, -0.15) is 0 Å². The van der Waals surface area contributed by atoms with Crippen LogP contribution in [0.3, 0.4) is 0 Å². The molecule has 0 aliphatic heterocycles. The summed E-state index contributed by atoms with van der Waals surface area (Å²) in [5.41, 5.74) is 5.36. The molecule has 0 saturated carbocycles. The molecule has 14 heavy (non-hydrogen) atoms. The molecule has 1 aromatic rings. The lowest BCUT2D eigenvalue weighted by molar-refractivity contribution is -0.145. The molecular weight excluding hydrogens is 184 g/mol. The van der Waals surface area contributed by atoms with E-state index in [0.717, 1.165) is 0 Å². The minimum Gasteiger partial charge on any atom is -0.468 e. The molecule has 0 spiro atoms. The van der Waals surface area contributed by atoms with Gasteiger partial charge in [-0.15, -0.1) is 0 Å². The number of hydrogen-bond donors (Lipinski definition) is 1. The molecule has 0 aliphatic carbocycles. The Bertz CT molecular complexity index is 337. The van der Waals surface area contributed by atoms with Gasteiger partial charge in [-0.05, 0) is 12.1 Å². The normalized spacial score (nSPS) is 11.8. The van der Waals surface area contributed by atoms with Crippen molar-refractivity contribution in [1.82, 2.24) is 4.98 Å². The van der Waals surface area contributed by atoms with Crippen molar-refractivity contribution in [1.29, 1.82) is 0 Å². The Morgan fingerprint density at radius 2 is 2.21 bits per heavy atom. The first-order valence-corrected chi connectivity index (χ1v) is 3.95. The van der Waals surface area contributed by atoms with Crippen molar-refractivity contribution in [2.24, 2.45) is 5.73 Å². The lowest BCUT2D eigenvalue weighted by atomic mass is 10.0. The maximum atomic E-state index is 11.2. The van der Waals surface area contributed by atoms with Gasteiger partial charge in [0.1, 0.15) is 0 Å². The Kier molecular flexibility index (Phi) is 3.17. The summed E-state index contributed by atoms with van der Waals surface area (Å²) in [6.45, 7) is 0. The van der Waals surface area contributed by atoms with Crippen LogP contribution in [0.4, 0.5) is 0 Å². The second-order valence-electron chi connectivity index (χ2n) is 2.61. The summed E-state index contributed by atoms with van der Waals surface area (Å²) in [5.74, 6) is -2.59. The molecule has 1 rings (SSSR count). The molecule has 0 aromatic carbocycles. The van der Waals surface area contributed by atoms with Crippen LogP contribution >= 0.6 is 0 Å². The summed E-state index contributed by atoms with van der Waals surface area (Å²) in [6.07, 6.45) is 1.48. The minimum absolute atomic E-state index is 0.298. The largest absolute Gasteiger partial charge is 0.468 e. The van der Waals surface area contributed by atoms with Gasteiger partial charge in [0.25, 0.3) is 0 Å². The molecule has 5 nitrogen and oxygen atoms in total. The van der Waals surface area contributed by atoms with E-state index in [-0.39, 0.29) is 0 Å². The maximum Gasteiger partial charge on any atom is 0.324 e. The van der Waals surface area contributed by atoms with Gasteiger partial charge in [-0.25, -0.2) is 0 Å².